The van der Waals surface area contributed by atoms with E-state index in [0.29, 0.717) is 0 Å². The molecule has 12 aromatic carbocycles. The molecular weight excluding hydrogens is 893 g/mol. The van der Waals surface area contributed by atoms with Crippen LogP contribution in [0.25, 0.3) is 82.8 Å². The Hall–Kier alpha value is -9.50. The van der Waals surface area contributed by atoms with E-state index in [9.17, 15) is 0 Å². The van der Waals surface area contributed by atoms with E-state index in [-0.39, 0.29) is 0 Å². The lowest BCUT2D eigenvalue weighted by molar-refractivity contribution is 0.748. The highest BCUT2D eigenvalue weighted by molar-refractivity contribution is 6.14. The van der Waals surface area contributed by atoms with Gasteiger partial charge in [0.2, 0.25) is 0 Å². The molecule has 74 heavy (non-hydrogen) atoms. The number of fused-ring (bicyclic) bond motifs is 23. The van der Waals surface area contributed by atoms with Crippen LogP contribution < -0.4 is 4.90 Å². The van der Waals surface area contributed by atoms with Crippen molar-refractivity contribution in [2.45, 2.75) is 10.8 Å². The molecule has 17 rings (SSSR count). The topological polar surface area (TPSA) is 8.17 Å². The summed E-state index contributed by atoms with van der Waals surface area (Å²) in [7, 11) is 0. The smallest absolute Gasteiger partial charge is 0.0755 e. The van der Waals surface area contributed by atoms with Gasteiger partial charge < -0.3 is 9.47 Å². The lowest BCUT2D eigenvalue weighted by atomic mass is 9.65. The van der Waals surface area contributed by atoms with E-state index in [1.807, 2.05) is 0 Å². The largest absolute Gasteiger partial charge is 0.310 e. The molecule has 2 nitrogen and oxygen atoms in total. The molecule has 342 valence electrons. The number of hydrogen-bond acceptors (Lipinski definition) is 1. The molecule has 1 aliphatic heterocycles. The van der Waals surface area contributed by atoms with Crippen molar-refractivity contribution < 1.29 is 0 Å². The summed E-state index contributed by atoms with van der Waals surface area (Å²) in [6, 6.07) is 101. The van der Waals surface area contributed by atoms with Gasteiger partial charge in [0.05, 0.1) is 27.6 Å². The molecule has 2 spiro atoms. The van der Waals surface area contributed by atoms with Gasteiger partial charge in [0.25, 0.3) is 0 Å². The predicted octanol–water partition coefficient (Wildman–Crippen LogP) is 18.1. The van der Waals surface area contributed by atoms with Crippen LogP contribution >= 0.6 is 0 Å². The Balaban J connectivity index is 0.984. The number of aromatic nitrogens is 1. The van der Waals surface area contributed by atoms with Crippen molar-refractivity contribution in [3.05, 3.63) is 311 Å². The number of anilines is 3. The van der Waals surface area contributed by atoms with Crippen LogP contribution in [0.15, 0.2) is 267 Å². The summed E-state index contributed by atoms with van der Waals surface area (Å²) in [5.41, 5.74) is 26.7. The summed E-state index contributed by atoms with van der Waals surface area (Å²) in [6.45, 7) is 0. The van der Waals surface area contributed by atoms with Crippen molar-refractivity contribution in [2.75, 3.05) is 4.90 Å². The van der Waals surface area contributed by atoms with Crippen molar-refractivity contribution >= 4 is 49.6 Å². The van der Waals surface area contributed by atoms with Gasteiger partial charge in [-0.15, -0.1) is 0 Å². The van der Waals surface area contributed by atoms with Crippen LogP contribution in [0.3, 0.4) is 0 Å². The van der Waals surface area contributed by atoms with Crippen LogP contribution in [0, 0.1) is 0 Å². The zero-order chi connectivity index (χ0) is 48.3. The monoisotopic (exact) mass is 936 g/mol. The molecule has 0 unspecified atom stereocenters. The minimum atomic E-state index is -0.590. The first kappa shape index (κ1) is 40.1. The second kappa shape index (κ2) is 14.6. The molecule has 0 fully saturated rings. The van der Waals surface area contributed by atoms with Crippen LogP contribution in [0.5, 0.6) is 0 Å². The van der Waals surface area contributed by atoms with E-state index in [1.54, 1.807) is 0 Å². The first-order valence-corrected chi connectivity index (χ1v) is 25.9. The molecular formula is C72H44N2. The van der Waals surface area contributed by atoms with Crippen LogP contribution in [0.1, 0.15) is 44.5 Å². The maximum atomic E-state index is 2.56. The van der Waals surface area contributed by atoms with Crippen molar-refractivity contribution in [1.82, 2.24) is 4.57 Å². The average Bonchev–Trinajstić information content (AvgIpc) is 4.34. The van der Waals surface area contributed by atoms with Crippen molar-refractivity contribution in [3.8, 4) is 50.2 Å². The summed E-state index contributed by atoms with van der Waals surface area (Å²) in [6.07, 6.45) is 0. The second-order valence-corrected chi connectivity index (χ2v) is 20.6. The minimum absolute atomic E-state index is 0.493. The SMILES string of the molecule is c1ccc2c(c1)-c1ccccc1C21c2ccccc2-c2ccc(N(c3ccc(-c4cccc5ccccc45)cc3)c3cc4c5c(c3)c3ccccc3n5-c3ccccc3C43c4ccccc4-c4ccccc43)cc21. The third-order valence-electron chi connectivity index (χ3n) is 17.4. The second-order valence-electron chi connectivity index (χ2n) is 20.6. The number of rotatable bonds is 4. The van der Waals surface area contributed by atoms with Gasteiger partial charge in [-0.05, 0) is 148 Å². The van der Waals surface area contributed by atoms with E-state index in [1.165, 1.54) is 127 Å². The van der Waals surface area contributed by atoms with Crippen LogP contribution in [0.2, 0.25) is 0 Å². The molecule has 4 aliphatic rings. The van der Waals surface area contributed by atoms with Gasteiger partial charge in [-0.2, -0.15) is 0 Å². The molecule has 1 aromatic heterocycles. The van der Waals surface area contributed by atoms with E-state index in [2.05, 4.69) is 276 Å². The highest BCUT2D eigenvalue weighted by atomic mass is 15.1. The van der Waals surface area contributed by atoms with Crippen LogP contribution in [0.4, 0.5) is 17.1 Å². The van der Waals surface area contributed by atoms with E-state index < -0.39 is 10.8 Å². The lowest BCUT2D eigenvalue weighted by Gasteiger charge is -2.40. The Morgan fingerprint density at radius 3 is 1.34 bits per heavy atom. The van der Waals surface area contributed by atoms with Crippen LogP contribution in [-0.2, 0) is 10.8 Å². The zero-order valence-electron chi connectivity index (χ0n) is 40.3. The Morgan fingerprint density at radius 1 is 0.270 bits per heavy atom. The number of nitrogens with zero attached hydrogens (tertiary/aromatic N) is 2. The molecule has 0 saturated heterocycles. The molecule has 0 bridgehead atoms. The Labute approximate surface area is 429 Å². The van der Waals surface area contributed by atoms with Crippen LogP contribution in [-0.4, -0.2) is 4.57 Å². The van der Waals surface area contributed by atoms with E-state index in [4.69, 9.17) is 0 Å². The predicted molar refractivity (Wildman–Crippen MR) is 306 cm³/mol. The van der Waals surface area contributed by atoms with Gasteiger partial charge in [-0.25, -0.2) is 0 Å². The van der Waals surface area contributed by atoms with E-state index in [0.717, 1.165) is 17.1 Å². The first-order chi connectivity index (χ1) is 36.7. The quantitative estimate of drug-likeness (QED) is 0.171. The Kier molecular flexibility index (Phi) is 7.90. The van der Waals surface area contributed by atoms with Crippen molar-refractivity contribution in [1.29, 1.82) is 0 Å². The fraction of sp³-hybridized carbons (Fsp3) is 0.0278. The van der Waals surface area contributed by atoms with Gasteiger partial charge >= 0.3 is 0 Å². The fourth-order valence-electron chi connectivity index (χ4n) is 14.6. The summed E-state index contributed by atoms with van der Waals surface area (Å²) >= 11 is 0. The van der Waals surface area contributed by atoms with Crippen molar-refractivity contribution in [3.63, 3.8) is 0 Å². The standard InChI is InChI=1S/C72H44N2/c1-2-20-50-45(18-1)19-17-27-51(50)46-36-38-47(39-37-46)73(48-40-41-57-56-25-7-11-30-62(56)71(66(57)43-48)60-28-9-3-21-52(60)53-22-4-10-29-61(53)71)49-42-59-58-26-8-15-34-68(58)74-69-35-16-14-33-65(69)72(67(44-49)70(59)74)63-31-12-5-23-54(63)55-24-6-13-32-64(55)72/h1-44H. The van der Waals surface area contributed by atoms with Gasteiger partial charge in [0, 0.05) is 27.8 Å². The molecule has 0 atom stereocenters. The summed E-state index contributed by atoms with van der Waals surface area (Å²) in [5, 5.41) is 4.98. The minimum Gasteiger partial charge on any atom is -0.310 e. The molecule has 0 N–H and O–H groups in total. The molecule has 13 aromatic rings. The average molecular weight is 937 g/mol. The molecule has 2 heterocycles. The molecule has 3 aliphatic carbocycles. The normalized spacial score (nSPS) is 14.2. The molecule has 0 saturated carbocycles. The van der Waals surface area contributed by atoms with Gasteiger partial charge in [-0.1, -0.05) is 218 Å². The summed E-state index contributed by atoms with van der Waals surface area (Å²) < 4.78 is 2.56. The Bertz CT molecular complexity index is 4450. The highest BCUT2D eigenvalue weighted by Gasteiger charge is 2.53. The van der Waals surface area contributed by atoms with Gasteiger partial charge in [-0.3, -0.25) is 0 Å². The summed E-state index contributed by atoms with van der Waals surface area (Å²) in [4.78, 5) is 2.56. The Morgan fingerprint density at radius 2 is 0.716 bits per heavy atom. The number of benzene rings is 12. The third kappa shape index (κ3) is 4.91. The third-order valence-corrected chi connectivity index (χ3v) is 17.4. The van der Waals surface area contributed by atoms with Gasteiger partial charge in [0.1, 0.15) is 0 Å². The maximum Gasteiger partial charge on any atom is 0.0755 e. The molecule has 0 amide bonds. The van der Waals surface area contributed by atoms with Gasteiger partial charge in [0.15, 0.2) is 0 Å². The number of para-hydroxylation sites is 2. The molecule has 2 heteroatoms. The highest BCUT2D eigenvalue weighted by Crippen LogP contribution is 2.65. The molecule has 0 radical (unpaired) electrons. The fourth-order valence-corrected chi connectivity index (χ4v) is 14.6. The number of hydrogen-bond donors (Lipinski definition) is 0. The zero-order valence-corrected chi connectivity index (χ0v) is 40.3. The van der Waals surface area contributed by atoms with E-state index >= 15 is 0 Å². The maximum absolute atomic E-state index is 2.56. The first-order valence-electron chi connectivity index (χ1n) is 25.9. The summed E-state index contributed by atoms with van der Waals surface area (Å²) in [5.74, 6) is 0. The van der Waals surface area contributed by atoms with Crippen molar-refractivity contribution in [2.24, 2.45) is 0 Å². The lowest BCUT2D eigenvalue weighted by Crippen LogP contribution is -2.33.